The number of hydrogen-bond donors (Lipinski definition) is 1. The van der Waals surface area contributed by atoms with Crippen molar-refractivity contribution in [2.75, 3.05) is 6.54 Å². The molecule has 0 radical (unpaired) electrons. The van der Waals surface area contributed by atoms with Crippen LogP contribution in [0, 0.1) is 11.8 Å². The third-order valence-corrected chi connectivity index (χ3v) is 5.84. The first-order valence-corrected chi connectivity index (χ1v) is 8.87. The highest BCUT2D eigenvalue weighted by atomic mass is 32.1. The van der Waals surface area contributed by atoms with Crippen LogP contribution in [0.15, 0.2) is 12.1 Å². The zero-order chi connectivity index (χ0) is 13.7. The minimum atomic E-state index is 0.695. The minimum absolute atomic E-state index is 0.695. The van der Waals surface area contributed by atoms with Gasteiger partial charge in [-0.1, -0.05) is 33.6 Å². The van der Waals surface area contributed by atoms with Gasteiger partial charge in [0.05, 0.1) is 0 Å². The molecule has 3 atom stereocenters. The second-order valence-corrected chi connectivity index (χ2v) is 7.31. The maximum atomic E-state index is 3.82. The van der Waals surface area contributed by atoms with Crippen LogP contribution in [0.5, 0.6) is 0 Å². The molecule has 0 bridgehead atoms. The predicted octanol–water partition coefficient (Wildman–Crippen LogP) is 4.66. The van der Waals surface area contributed by atoms with Crippen molar-refractivity contribution < 1.29 is 0 Å². The van der Waals surface area contributed by atoms with Crippen molar-refractivity contribution in [1.29, 1.82) is 0 Å². The van der Waals surface area contributed by atoms with Gasteiger partial charge in [0.25, 0.3) is 0 Å². The molecular formula is C17H29NS. The maximum Gasteiger partial charge on any atom is 0.0146 e. The van der Waals surface area contributed by atoms with Crippen LogP contribution in [0.2, 0.25) is 0 Å². The van der Waals surface area contributed by atoms with Gasteiger partial charge >= 0.3 is 0 Å². The summed E-state index contributed by atoms with van der Waals surface area (Å²) < 4.78 is 0. The number of nitrogens with one attached hydrogen (secondary N) is 1. The van der Waals surface area contributed by atoms with Crippen LogP contribution >= 0.6 is 11.3 Å². The maximum absolute atomic E-state index is 3.82. The van der Waals surface area contributed by atoms with Gasteiger partial charge < -0.3 is 5.32 Å². The molecule has 1 aliphatic rings. The SMILES string of the molecule is CCCNC(Cc1ccc(CC)s1)C1CCCC1C. The molecule has 0 spiro atoms. The number of hydrogen-bond acceptors (Lipinski definition) is 2. The lowest BCUT2D eigenvalue weighted by atomic mass is 9.88. The Morgan fingerprint density at radius 2 is 2.05 bits per heavy atom. The van der Waals surface area contributed by atoms with E-state index < -0.39 is 0 Å². The molecule has 1 nitrogen and oxygen atoms in total. The van der Waals surface area contributed by atoms with E-state index in [1.165, 1.54) is 49.9 Å². The molecule has 1 fully saturated rings. The van der Waals surface area contributed by atoms with Crippen LogP contribution in [0.3, 0.4) is 0 Å². The molecule has 0 saturated heterocycles. The lowest BCUT2D eigenvalue weighted by Gasteiger charge is -2.27. The van der Waals surface area contributed by atoms with Gasteiger partial charge in [-0.15, -0.1) is 11.3 Å². The van der Waals surface area contributed by atoms with Gasteiger partial charge in [-0.05, 0) is 56.2 Å². The highest BCUT2D eigenvalue weighted by Crippen LogP contribution is 2.35. The molecule has 0 aromatic carbocycles. The number of aryl methyl sites for hydroxylation is 1. The molecule has 19 heavy (non-hydrogen) atoms. The third-order valence-electron chi connectivity index (χ3n) is 4.59. The molecule has 1 aromatic rings. The summed E-state index contributed by atoms with van der Waals surface area (Å²) in [6.45, 7) is 8.13. The Morgan fingerprint density at radius 1 is 1.26 bits per heavy atom. The summed E-state index contributed by atoms with van der Waals surface area (Å²) >= 11 is 2.01. The fourth-order valence-corrected chi connectivity index (χ4v) is 4.43. The monoisotopic (exact) mass is 279 g/mol. The predicted molar refractivity (Wildman–Crippen MR) is 86.0 cm³/mol. The van der Waals surface area contributed by atoms with Crippen molar-refractivity contribution in [3.05, 3.63) is 21.9 Å². The molecule has 0 amide bonds. The van der Waals surface area contributed by atoms with Gasteiger partial charge in [0.15, 0.2) is 0 Å². The quantitative estimate of drug-likeness (QED) is 0.765. The fraction of sp³-hybridized carbons (Fsp3) is 0.765. The Hall–Kier alpha value is -0.340. The topological polar surface area (TPSA) is 12.0 Å². The van der Waals surface area contributed by atoms with E-state index in [4.69, 9.17) is 0 Å². The molecule has 2 heteroatoms. The molecular weight excluding hydrogens is 250 g/mol. The average Bonchev–Trinajstić information content (AvgIpc) is 3.03. The van der Waals surface area contributed by atoms with Gasteiger partial charge in [-0.2, -0.15) is 0 Å². The summed E-state index contributed by atoms with van der Waals surface area (Å²) in [6, 6.07) is 5.36. The molecule has 1 heterocycles. The van der Waals surface area contributed by atoms with Crippen LogP contribution in [-0.4, -0.2) is 12.6 Å². The van der Waals surface area contributed by atoms with Crippen molar-refractivity contribution in [1.82, 2.24) is 5.32 Å². The standard InChI is InChI=1S/C17H29NS/c1-4-11-18-17(16-8-6-7-13(16)3)12-15-10-9-14(5-2)19-15/h9-10,13,16-18H,4-8,11-12H2,1-3H3. The van der Waals surface area contributed by atoms with Gasteiger partial charge in [-0.3, -0.25) is 0 Å². The highest BCUT2D eigenvalue weighted by molar-refractivity contribution is 7.11. The summed E-state index contributed by atoms with van der Waals surface area (Å²) in [5.41, 5.74) is 0. The molecule has 1 aromatic heterocycles. The molecule has 2 rings (SSSR count). The van der Waals surface area contributed by atoms with Crippen molar-refractivity contribution >= 4 is 11.3 Å². The van der Waals surface area contributed by atoms with Crippen LogP contribution in [-0.2, 0) is 12.8 Å². The Labute approximate surface area is 122 Å². The van der Waals surface area contributed by atoms with E-state index >= 15 is 0 Å². The van der Waals surface area contributed by atoms with Crippen LogP contribution in [0.1, 0.15) is 56.2 Å². The lowest BCUT2D eigenvalue weighted by molar-refractivity contribution is 0.296. The van der Waals surface area contributed by atoms with Crippen LogP contribution < -0.4 is 5.32 Å². The summed E-state index contributed by atoms with van der Waals surface area (Å²) in [5, 5.41) is 3.82. The fourth-order valence-electron chi connectivity index (χ4n) is 3.42. The molecule has 1 N–H and O–H groups in total. The Bertz CT molecular complexity index is 371. The van der Waals surface area contributed by atoms with E-state index in [0.29, 0.717) is 6.04 Å². The van der Waals surface area contributed by atoms with Gasteiger partial charge in [0.1, 0.15) is 0 Å². The Kier molecular flexibility index (Phi) is 5.90. The van der Waals surface area contributed by atoms with Crippen molar-refractivity contribution in [3.63, 3.8) is 0 Å². The van der Waals surface area contributed by atoms with E-state index in [-0.39, 0.29) is 0 Å². The second kappa shape index (κ2) is 7.44. The first-order chi connectivity index (χ1) is 9.24. The largest absolute Gasteiger partial charge is 0.313 e. The van der Waals surface area contributed by atoms with Crippen molar-refractivity contribution in [2.24, 2.45) is 11.8 Å². The average molecular weight is 279 g/mol. The van der Waals surface area contributed by atoms with Crippen LogP contribution in [0.4, 0.5) is 0 Å². The third kappa shape index (κ3) is 4.06. The van der Waals surface area contributed by atoms with Gasteiger partial charge in [-0.25, -0.2) is 0 Å². The Morgan fingerprint density at radius 3 is 2.63 bits per heavy atom. The first-order valence-electron chi connectivity index (χ1n) is 8.05. The van der Waals surface area contributed by atoms with Gasteiger partial charge in [0.2, 0.25) is 0 Å². The van der Waals surface area contributed by atoms with E-state index in [1.54, 1.807) is 4.88 Å². The van der Waals surface area contributed by atoms with Crippen LogP contribution in [0.25, 0.3) is 0 Å². The summed E-state index contributed by atoms with van der Waals surface area (Å²) in [4.78, 5) is 3.10. The summed E-state index contributed by atoms with van der Waals surface area (Å²) in [5.74, 6) is 1.79. The first kappa shape index (κ1) is 15.1. The molecule has 108 valence electrons. The molecule has 1 saturated carbocycles. The Balaban J connectivity index is 2.00. The van der Waals surface area contributed by atoms with E-state index in [2.05, 4.69) is 38.2 Å². The zero-order valence-electron chi connectivity index (χ0n) is 12.7. The smallest absolute Gasteiger partial charge is 0.0146 e. The summed E-state index contributed by atoms with van der Waals surface area (Å²) in [6.07, 6.45) is 7.94. The molecule has 1 aliphatic carbocycles. The molecule has 0 aliphatic heterocycles. The van der Waals surface area contributed by atoms with E-state index in [0.717, 1.165) is 11.8 Å². The van der Waals surface area contributed by atoms with E-state index in [9.17, 15) is 0 Å². The molecule has 3 unspecified atom stereocenters. The normalized spacial score (nSPS) is 24.8. The van der Waals surface area contributed by atoms with Crippen molar-refractivity contribution in [2.45, 2.75) is 65.3 Å². The highest BCUT2D eigenvalue weighted by Gasteiger charge is 2.30. The van der Waals surface area contributed by atoms with E-state index in [1.807, 2.05) is 11.3 Å². The minimum Gasteiger partial charge on any atom is -0.313 e. The van der Waals surface area contributed by atoms with Crippen molar-refractivity contribution in [3.8, 4) is 0 Å². The number of thiophene rings is 1. The number of rotatable bonds is 7. The second-order valence-electron chi connectivity index (χ2n) is 6.06. The zero-order valence-corrected chi connectivity index (χ0v) is 13.6. The lowest BCUT2D eigenvalue weighted by Crippen LogP contribution is -2.39. The van der Waals surface area contributed by atoms with Gasteiger partial charge in [0, 0.05) is 15.8 Å². The summed E-state index contributed by atoms with van der Waals surface area (Å²) in [7, 11) is 0.